The summed E-state index contributed by atoms with van der Waals surface area (Å²) < 4.78 is 45.4. The molecule has 7 nitrogen and oxygen atoms in total. The number of aliphatic carboxylic acids is 1. The second-order valence-corrected chi connectivity index (χ2v) is 7.63. The van der Waals surface area contributed by atoms with E-state index in [4.69, 9.17) is 4.74 Å². The molecule has 0 unspecified atom stereocenters. The topological polar surface area (TPSA) is 91.8 Å². The highest BCUT2D eigenvalue weighted by atomic mass is 19.4. The van der Waals surface area contributed by atoms with E-state index in [-0.39, 0.29) is 19.6 Å². The van der Waals surface area contributed by atoms with Gasteiger partial charge in [-0.3, -0.25) is 9.59 Å². The van der Waals surface area contributed by atoms with Crippen molar-refractivity contribution in [1.82, 2.24) is 9.88 Å². The van der Waals surface area contributed by atoms with Crippen LogP contribution in [0.3, 0.4) is 0 Å². The first-order valence-electron chi connectivity index (χ1n) is 10.1. The van der Waals surface area contributed by atoms with Crippen LogP contribution in [0.15, 0.2) is 48.7 Å². The standard InChI is InChI=1S/C22H24F3N3O4/c23-22(24,25)15-28-14-17-7-2-1-6-16(17)12-21(20(28)31,13-19(29)30)32-11-5-10-27-18-8-3-4-9-26-18/h1-4,6-9H,5,10-15H2,(H,26,27)(H,29,30)/t21-/m0/s1. The fourth-order valence-corrected chi connectivity index (χ4v) is 3.75. The van der Waals surface area contributed by atoms with Gasteiger partial charge in [-0.25, -0.2) is 4.98 Å². The van der Waals surface area contributed by atoms with Gasteiger partial charge in [-0.15, -0.1) is 0 Å². The van der Waals surface area contributed by atoms with Crippen molar-refractivity contribution >= 4 is 17.7 Å². The lowest BCUT2D eigenvalue weighted by Gasteiger charge is -2.34. The second kappa shape index (κ2) is 9.99. The number of carbonyl (C=O) groups excluding carboxylic acids is 1. The van der Waals surface area contributed by atoms with Gasteiger partial charge in [0.25, 0.3) is 5.91 Å². The number of alkyl halides is 3. The number of amides is 1. The summed E-state index contributed by atoms with van der Waals surface area (Å²) in [5.74, 6) is -1.65. The maximum absolute atomic E-state index is 13.2. The van der Waals surface area contributed by atoms with Crippen molar-refractivity contribution in [2.24, 2.45) is 0 Å². The second-order valence-electron chi connectivity index (χ2n) is 7.63. The van der Waals surface area contributed by atoms with E-state index in [0.717, 1.165) is 0 Å². The van der Waals surface area contributed by atoms with Crippen molar-refractivity contribution in [1.29, 1.82) is 0 Å². The molecular formula is C22H24F3N3O4. The van der Waals surface area contributed by atoms with Crippen LogP contribution in [0.4, 0.5) is 19.0 Å². The number of hydrogen-bond acceptors (Lipinski definition) is 5. The Morgan fingerprint density at radius 1 is 1.19 bits per heavy atom. The smallest absolute Gasteiger partial charge is 0.406 e. The molecule has 1 amide bonds. The molecule has 0 spiro atoms. The third-order valence-corrected chi connectivity index (χ3v) is 5.11. The summed E-state index contributed by atoms with van der Waals surface area (Å²) >= 11 is 0. The van der Waals surface area contributed by atoms with Crippen molar-refractivity contribution in [3.8, 4) is 0 Å². The molecule has 2 N–H and O–H groups in total. The lowest BCUT2D eigenvalue weighted by molar-refractivity contribution is -0.181. The number of halogens is 3. The van der Waals surface area contributed by atoms with E-state index >= 15 is 0 Å². The summed E-state index contributed by atoms with van der Waals surface area (Å²) in [4.78, 5) is 29.6. The molecule has 1 aliphatic rings. The van der Waals surface area contributed by atoms with E-state index in [1.54, 1.807) is 42.6 Å². The number of rotatable bonds is 9. The zero-order valence-corrected chi connectivity index (χ0v) is 17.3. The Kier molecular flexibility index (Phi) is 7.34. The van der Waals surface area contributed by atoms with Crippen molar-refractivity contribution in [2.45, 2.75) is 37.6 Å². The highest BCUT2D eigenvalue weighted by molar-refractivity contribution is 5.90. The lowest BCUT2D eigenvalue weighted by atomic mass is 9.89. The minimum Gasteiger partial charge on any atom is -0.481 e. The SMILES string of the molecule is O=C(O)C[C@@]1(OCCCNc2ccccn2)Cc2ccccc2CN(CC(F)(F)F)C1=O. The number of anilines is 1. The van der Waals surface area contributed by atoms with Crippen molar-refractivity contribution < 1.29 is 32.6 Å². The maximum Gasteiger partial charge on any atom is 0.406 e. The van der Waals surface area contributed by atoms with Gasteiger partial charge in [-0.2, -0.15) is 13.2 Å². The number of benzene rings is 1. The Morgan fingerprint density at radius 2 is 1.91 bits per heavy atom. The van der Waals surface area contributed by atoms with E-state index in [9.17, 15) is 27.9 Å². The Hall–Kier alpha value is -3.14. The summed E-state index contributed by atoms with van der Waals surface area (Å²) in [7, 11) is 0. The van der Waals surface area contributed by atoms with Gasteiger partial charge in [0.1, 0.15) is 12.4 Å². The summed E-state index contributed by atoms with van der Waals surface area (Å²) in [5.41, 5.74) is -0.787. The third-order valence-electron chi connectivity index (χ3n) is 5.11. The number of carboxylic acid groups (broad SMARTS) is 1. The highest BCUT2D eigenvalue weighted by Crippen LogP contribution is 2.33. The van der Waals surface area contributed by atoms with E-state index in [2.05, 4.69) is 10.3 Å². The van der Waals surface area contributed by atoms with Crippen LogP contribution in [-0.2, 0) is 27.3 Å². The predicted octanol–water partition coefficient (Wildman–Crippen LogP) is 3.26. The molecule has 2 aromatic rings. The fraction of sp³-hybridized carbons (Fsp3) is 0.409. The van der Waals surface area contributed by atoms with Crippen LogP contribution in [0.2, 0.25) is 0 Å². The Balaban J connectivity index is 1.80. The van der Waals surface area contributed by atoms with Crippen molar-refractivity contribution in [3.63, 3.8) is 0 Å². The Labute approximate surface area is 183 Å². The van der Waals surface area contributed by atoms with Crippen LogP contribution < -0.4 is 5.32 Å². The van der Waals surface area contributed by atoms with Crippen LogP contribution in [0.1, 0.15) is 24.0 Å². The molecule has 1 aromatic heterocycles. The maximum atomic E-state index is 13.2. The molecule has 0 radical (unpaired) electrons. The first kappa shape index (κ1) is 23.5. The summed E-state index contributed by atoms with van der Waals surface area (Å²) in [6.07, 6.45) is -3.46. The zero-order chi connectivity index (χ0) is 23.2. The Bertz CT molecular complexity index is 940. The molecule has 32 heavy (non-hydrogen) atoms. The normalized spacial score (nSPS) is 18.7. The Morgan fingerprint density at radius 3 is 2.56 bits per heavy atom. The number of hydrogen-bond donors (Lipinski definition) is 2. The number of aromatic nitrogens is 1. The monoisotopic (exact) mass is 451 g/mol. The fourth-order valence-electron chi connectivity index (χ4n) is 3.75. The van der Waals surface area contributed by atoms with Crippen LogP contribution >= 0.6 is 0 Å². The van der Waals surface area contributed by atoms with Gasteiger partial charge in [0.2, 0.25) is 0 Å². The number of fused-ring (bicyclic) bond motifs is 1. The van der Waals surface area contributed by atoms with E-state index < -0.39 is 36.6 Å². The first-order chi connectivity index (χ1) is 15.2. The first-order valence-corrected chi connectivity index (χ1v) is 10.1. The zero-order valence-electron chi connectivity index (χ0n) is 17.3. The molecule has 2 heterocycles. The van der Waals surface area contributed by atoms with Crippen LogP contribution in [0.5, 0.6) is 0 Å². The highest BCUT2D eigenvalue weighted by Gasteiger charge is 2.48. The molecule has 1 atom stereocenters. The van der Waals surface area contributed by atoms with E-state index in [0.29, 0.717) is 34.8 Å². The molecule has 0 saturated carbocycles. The predicted molar refractivity (Wildman–Crippen MR) is 110 cm³/mol. The molecular weight excluding hydrogens is 427 g/mol. The quantitative estimate of drug-likeness (QED) is 0.569. The summed E-state index contributed by atoms with van der Waals surface area (Å²) in [5, 5.41) is 12.5. The van der Waals surface area contributed by atoms with Crippen LogP contribution in [-0.4, -0.2) is 58.3 Å². The molecule has 3 rings (SSSR count). The minimum absolute atomic E-state index is 0.0130. The summed E-state index contributed by atoms with van der Waals surface area (Å²) in [6.45, 7) is -1.33. The van der Waals surface area contributed by atoms with Gasteiger partial charge in [0.15, 0.2) is 5.60 Å². The largest absolute Gasteiger partial charge is 0.481 e. The number of nitrogens with one attached hydrogen (secondary N) is 1. The van der Waals surface area contributed by atoms with Gasteiger partial charge in [-0.1, -0.05) is 30.3 Å². The number of nitrogens with zero attached hydrogens (tertiary/aromatic N) is 2. The molecule has 172 valence electrons. The average Bonchev–Trinajstić information content (AvgIpc) is 2.82. The molecule has 0 fully saturated rings. The number of carbonyl (C=O) groups is 2. The van der Waals surface area contributed by atoms with Gasteiger partial charge in [-0.05, 0) is 29.7 Å². The lowest BCUT2D eigenvalue weighted by Crippen LogP contribution is -2.53. The van der Waals surface area contributed by atoms with Crippen molar-refractivity contribution in [3.05, 3.63) is 59.8 Å². The average molecular weight is 451 g/mol. The van der Waals surface area contributed by atoms with Gasteiger partial charge < -0.3 is 20.1 Å². The molecule has 0 saturated heterocycles. The molecule has 0 aliphatic carbocycles. The van der Waals surface area contributed by atoms with Gasteiger partial charge in [0, 0.05) is 32.3 Å². The summed E-state index contributed by atoms with van der Waals surface area (Å²) in [6, 6.07) is 12.0. The molecule has 1 aromatic carbocycles. The minimum atomic E-state index is -4.63. The number of pyridine rings is 1. The van der Waals surface area contributed by atoms with E-state index in [1.165, 1.54) is 0 Å². The number of carboxylic acids is 1. The van der Waals surface area contributed by atoms with Crippen LogP contribution in [0.25, 0.3) is 0 Å². The third kappa shape index (κ3) is 6.19. The van der Waals surface area contributed by atoms with Gasteiger partial charge in [0.05, 0.1) is 6.42 Å². The van der Waals surface area contributed by atoms with Crippen LogP contribution in [0, 0.1) is 0 Å². The molecule has 1 aliphatic heterocycles. The number of ether oxygens (including phenoxy) is 1. The van der Waals surface area contributed by atoms with Gasteiger partial charge >= 0.3 is 12.1 Å². The van der Waals surface area contributed by atoms with E-state index in [1.807, 2.05) is 6.07 Å². The molecule has 0 bridgehead atoms. The molecule has 10 heteroatoms. The van der Waals surface area contributed by atoms with Crippen molar-refractivity contribution in [2.75, 3.05) is 25.0 Å².